The summed E-state index contributed by atoms with van der Waals surface area (Å²) in [6.45, 7) is 0. The maximum atomic E-state index is 4.98. The van der Waals surface area contributed by atoms with Crippen molar-refractivity contribution >= 4 is 56.3 Å². The summed E-state index contributed by atoms with van der Waals surface area (Å²) in [6, 6.07) is 8.11. The van der Waals surface area contributed by atoms with E-state index in [0.29, 0.717) is 0 Å². The van der Waals surface area contributed by atoms with Crippen LogP contribution in [0.1, 0.15) is 0 Å². The molecule has 0 spiro atoms. The quantitative estimate of drug-likeness (QED) is 0.521. The van der Waals surface area contributed by atoms with E-state index in [1.807, 2.05) is 18.2 Å². The molecule has 0 unspecified atom stereocenters. The van der Waals surface area contributed by atoms with Crippen LogP contribution in [0.25, 0.3) is 10.2 Å². The number of aromatic amines is 1. The molecular weight excluding hydrogens is 230 g/mol. The highest BCUT2D eigenvalue weighted by molar-refractivity contribution is 8.05. The van der Waals surface area contributed by atoms with E-state index in [4.69, 9.17) is 12.2 Å². The molecule has 1 N–H and O–H groups in total. The molecule has 2 aromatic rings. The van der Waals surface area contributed by atoms with Crippen molar-refractivity contribution in [3.8, 4) is 0 Å². The van der Waals surface area contributed by atoms with Crippen molar-refractivity contribution in [3.63, 3.8) is 0 Å². The third kappa shape index (κ3) is 2.23. The van der Waals surface area contributed by atoms with Crippen LogP contribution in [0.3, 0.4) is 0 Å². The van der Waals surface area contributed by atoms with Crippen LogP contribution in [0, 0.1) is 3.95 Å². The van der Waals surface area contributed by atoms with Gasteiger partial charge in [-0.1, -0.05) is 24.0 Å². The number of H-pyrrole nitrogens is 1. The fraction of sp³-hybridized carbons (Fsp3) is 0. The summed E-state index contributed by atoms with van der Waals surface area (Å²) in [5.41, 5.74) is 1.14. The van der Waals surface area contributed by atoms with Crippen molar-refractivity contribution in [3.05, 3.63) is 28.2 Å². The van der Waals surface area contributed by atoms with Gasteiger partial charge in [0.25, 0.3) is 0 Å². The Balaban J connectivity index is 0.000000336. The minimum atomic E-state index is 0.848. The lowest BCUT2D eigenvalue weighted by atomic mass is 10.3. The number of aromatic nitrogens is 1. The number of hydrogen-bond acceptors (Lipinski definition) is 3. The van der Waals surface area contributed by atoms with Gasteiger partial charge in [-0.3, -0.25) is 0 Å². The number of fused-ring (bicyclic) bond motifs is 1. The molecule has 1 heterocycles. The lowest BCUT2D eigenvalue weighted by molar-refractivity contribution is 1.47. The van der Waals surface area contributed by atoms with Gasteiger partial charge in [-0.15, -0.1) is 11.3 Å². The zero-order valence-corrected chi connectivity index (χ0v) is 9.23. The number of rotatable bonds is 0. The average molecular weight is 236 g/mol. The van der Waals surface area contributed by atoms with Gasteiger partial charge in [0.2, 0.25) is 0 Å². The van der Waals surface area contributed by atoms with Crippen molar-refractivity contribution in [1.29, 1.82) is 0 Å². The molecule has 0 amide bonds. The summed E-state index contributed by atoms with van der Waals surface area (Å²) < 4.78 is 2.08. The summed E-state index contributed by atoms with van der Waals surface area (Å²) in [5.74, 6) is 0. The van der Waals surface area contributed by atoms with Crippen molar-refractivity contribution in [2.75, 3.05) is 0 Å². The zero-order valence-electron chi connectivity index (χ0n) is 5.95. The first kappa shape index (κ1) is 10.1. The monoisotopic (exact) mass is 235 g/mol. The molecule has 64 valence electrons. The molecule has 0 saturated carbocycles. The Kier molecular flexibility index (Phi) is 4.08. The SMILES string of the molecule is S=c1[nH]c2ccccc2s1.SCl. The predicted molar refractivity (Wildman–Crippen MR) is 61.8 cm³/mol. The number of hydrogen-bond donors (Lipinski definition) is 2. The Bertz CT molecular complexity index is 370. The number of thiazole rings is 1. The average Bonchev–Trinajstić information content (AvgIpc) is 2.48. The van der Waals surface area contributed by atoms with Gasteiger partial charge in [0.1, 0.15) is 0 Å². The number of thiol groups is 1. The Morgan fingerprint density at radius 2 is 2.00 bits per heavy atom. The first-order chi connectivity index (χ1) is 5.86. The van der Waals surface area contributed by atoms with Crippen LogP contribution in [0.15, 0.2) is 24.3 Å². The van der Waals surface area contributed by atoms with Crippen LogP contribution >= 0.6 is 46.1 Å². The molecule has 1 nitrogen and oxygen atoms in total. The van der Waals surface area contributed by atoms with Crippen LogP contribution in [-0.2, 0) is 0 Å². The minimum absolute atomic E-state index is 0.848. The van der Waals surface area contributed by atoms with Crippen LogP contribution in [-0.4, -0.2) is 4.98 Å². The molecule has 0 radical (unpaired) electrons. The molecule has 1 aromatic carbocycles. The van der Waals surface area contributed by atoms with Crippen molar-refractivity contribution in [2.45, 2.75) is 0 Å². The number of nitrogens with one attached hydrogen (secondary N) is 1. The Labute approximate surface area is 89.3 Å². The second-order valence-electron chi connectivity index (χ2n) is 2.01. The molecule has 2 rings (SSSR count). The van der Waals surface area contributed by atoms with Gasteiger partial charge in [-0.2, -0.15) is 0 Å². The van der Waals surface area contributed by atoms with E-state index in [9.17, 15) is 0 Å². The molecule has 0 atom stereocenters. The normalized spacial score (nSPS) is 9.17. The lowest BCUT2D eigenvalue weighted by Crippen LogP contribution is -1.62. The van der Waals surface area contributed by atoms with Crippen LogP contribution in [0.4, 0.5) is 0 Å². The second-order valence-corrected chi connectivity index (χ2v) is 3.73. The molecule has 0 fully saturated rings. The topological polar surface area (TPSA) is 15.8 Å². The summed E-state index contributed by atoms with van der Waals surface area (Å²) in [7, 11) is 4.33. The van der Waals surface area contributed by atoms with Gasteiger partial charge in [0.15, 0.2) is 3.95 Å². The molecule has 5 heteroatoms. The van der Waals surface area contributed by atoms with Gasteiger partial charge in [0.05, 0.1) is 10.2 Å². The molecule has 1 aromatic heterocycles. The third-order valence-electron chi connectivity index (χ3n) is 1.33. The fourth-order valence-electron chi connectivity index (χ4n) is 0.894. The number of halogens is 1. The first-order valence-corrected chi connectivity index (χ1v) is 5.69. The van der Waals surface area contributed by atoms with E-state index in [2.05, 4.69) is 33.6 Å². The fourth-order valence-corrected chi connectivity index (χ4v) is 2.01. The maximum absolute atomic E-state index is 4.98. The predicted octanol–water partition coefficient (Wildman–Crippen LogP) is 4.03. The number of benzene rings is 1. The molecule has 12 heavy (non-hydrogen) atoms. The van der Waals surface area contributed by atoms with Gasteiger partial charge < -0.3 is 4.98 Å². The van der Waals surface area contributed by atoms with Gasteiger partial charge >= 0.3 is 0 Å². The highest BCUT2D eigenvalue weighted by Crippen LogP contribution is 2.17. The maximum Gasteiger partial charge on any atom is 0.159 e. The van der Waals surface area contributed by atoms with Gasteiger partial charge in [0, 0.05) is 0 Å². The Hall–Kier alpha value is -0.0300. The minimum Gasteiger partial charge on any atom is -0.337 e. The standard InChI is InChI=1S/C7H5NS2.ClHS/c9-7-8-5-3-1-2-4-6(5)10-7;1-2/h1-4H,(H,8,9);2H. The summed E-state index contributed by atoms with van der Waals surface area (Å²) in [5, 5.41) is 0. The molecule has 0 aliphatic carbocycles. The highest BCUT2D eigenvalue weighted by Gasteiger charge is 1.91. The lowest BCUT2D eigenvalue weighted by Gasteiger charge is -1.81. The summed E-state index contributed by atoms with van der Waals surface area (Å²) in [4.78, 5) is 3.09. The smallest absolute Gasteiger partial charge is 0.159 e. The first-order valence-electron chi connectivity index (χ1n) is 3.11. The molecule has 0 aliphatic heterocycles. The van der Waals surface area contributed by atoms with Crippen molar-refractivity contribution in [2.24, 2.45) is 0 Å². The summed E-state index contributed by atoms with van der Waals surface area (Å²) in [6.07, 6.45) is 0. The molecule has 0 aliphatic rings. The Morgan fingerprint density at radius 3 is 2.67 bits per heavy atom. The van der Waals surface area contributed by atoms with Crippen LogP contribution < -0.4 is 0 Å². The van der Waals surface area contributed by atoms with Gasteiger partial charge in [-0.05, 0) is 35.0 Å². The third-order valence-corrected chi connectivity index (χ3v) is 2.54. The van der Waals surface area contributed by atoms with Crippen molar-refractivity contribution < 1.29 is 0 Å². The van der Waals surface area contributed by atoms with E-state index in [1.165, 1.54) is 4.70 Å². The largest absolute Gasteiger partial charge is 0.337 e. The molecule has 0 saturated heterocycles. The zero-order chi connectivity index (χ0) is 8.97. The van der Waals surface area contributed by atoms with Crippen LogP contribution in [0.2, 0.25) is 0 Å². The number of para-hydroxylation sites is 1. The second kappa shape index (κ2) is 4.87. The summed E-state index contributed by atoms with van der Waals surface area (Å²) >= 11 is 9.59. The Morgan fingerprint density at radius 1 is 1.33 bits per heavy atom. The van der Waals surface area contributed by atoms with E-state index in [-0.39, 0.29) is 0 Å². The highest BCUT2D eigenvalue weighted by atomic mass is 35.7. The van der Waals surface area contributed by atoms with E-state index in [0.717, 1.165) is 9.47 Å². The van der Waals surface area contributed by atoms with E-state index in [1.54, 1.807) is 11.3 Å². The van der Waals surface area contributed by atoms with Crippen molar-refractivity contribution in [1.82, 2.24) is 4.98 Å². The molecular formula is C7H6ClNS3. The van der Waals surface area contributed by atoms with E-state index >= 15 is 0 Å². The van der Waals surface area contributed by atoms with E-state index < -0.39 is 0 Å². The van der Waals surface area contributed by atoms with Gasteiger partial charge in [-0.25, -0.2) is 0 Å². The molecule has 0 bridgehead atoms. The van der Waals surface area contributed by atoms with Crippen LogP contribution in [0.5, 0.6) is 0 Å².